The minimum atomic E-state index is 0.759. The maximum atomic E-state index is 5.16. The highest BCUT2D eigenvalue weighted by Crippen LogP contribution is 2.17. The highest BCUT2D eigenvalue weighted by Gasteiger charge is 2.16. The normalized spacial score (nSPS) is 14.8. The number of aromatic nitrogens is 3. The highest BCUT2D eigenvalue weighted by molar-refractivity contribution is 5.16. The minimum absolute atomic E-state index is 0.759. The molecule has 13 heavy (non-hydrogen) atoms. The Balaban J connectivity index is 2.10. The summed E-state index contributed by atoms with van der Waals surface area (Å²) in [6.45, 7) is 0.922. The maximum absolute atomic E-state index is 5.16. The van der Waals surface area contributed by atoms with Crippen LogP contribution in [0.15, 0.2) is 16.8 Å². The van der Waals surface area contributed by atoms with Crippen LogP contribution < -0.4 is 0 Å². The molecule has 0 N–H and O–H groups in total. The van der Waals surface area contributed by atoms with Gasteiger partial charge in [0, 0.05) is 25.4 Å². The molecule has 1 aliphatic rings. The van der Waals surface area contributed by atoms with E-state index in [4.69, 9.17) is 4.42 Å². The van der Waals surface area contributed by atoms with Crippen molar-refractivity contribution in [1.82, 2.24) is 14.5 Å². The summed E-state index contributed by atoms with van der Waals surface area (Å²) in [5.74, 6) is 2.01. The second kappa shape index (κ2) is 2.45. The van der Waals surface area contributed by atoms with Gasteiger partial charge in [-0.25, -0.2) is 9.97 Å². The van der Waals surface area contributed by atoms with Crippen molar-refractivity contribution in [3.05, 3.63) is 36.1 Å². The molecule has 2 aromatic rings. The predicted octanol–water partition coefficient (Wildman–Crippen LogP) is 0.818. The van der Waals surface area contributed by atoms with Crippen LogP contribution in [-0.2, 0) is 19.4 Å². The molecule has 2 aromatic heterocycles. The first-order valence-electron chi connectivity index (χ1n) is 4.28. The minimum Gasteiger partial charge on any atom is -0.437 e. The van der Waals surface area contributed by atoms with E-state index in [9.17, 15) is 0 Å². The van der Waals surface area contributed by atoms with Gasteiger partial charge >= 0.3 is 0 Å². The average molecular weight is 174 g/mol. The van der Waals surface area contributed by atoms with Gasteiger partial charge in [-0.1, -0.05) is 0 Å². The van der Waals surface area contributed by atoms with E-state index in [-0.39, 0.29) is 0 Å². The number of hydrogen-bond donors (Lipinski definition) is 0. The second-order valence-electron chi connectivity index (χ2n) is 3.14. The number of aryl methyl sites for hydroxylation is 2. The third-order valence-corrected chi connectivity index (χ3v) is 2.38. The summed E-state index contributed by atoms with van der Waals surface area (Å²) in [7, 11) is 0. The lowest BCUT2D eigenvalue weighted by Gasteiger charge is -1.99. The fraction of sp³-hybridized carbons (Fsp3) is 0.333. The largest absolute Gasteiger partial charge is 0.437 e. The predicted molar refractivity (Wildman–Crippen MR) is 44.1 cm³/mol. The zero-order chi connectivity index (χ0) is 8.67. The Morgan fingerprint density at radius 3 is 3.54 bits per heavy atom. The van der Waals surface area contributed by atoms with Gasteiger partial charge in [0.1, 0.15) is 11.6 Å². The van der Waals surface area contributed by atoms with E-state index in [2.05, 4.69) is 20.9 Å². The van der Waals surface area contributed by atoms with Crippen molar-refractivity contribution < 1.29 is 4.42 Å². The Labute approximate surface area is 75.2 Å². The van der Waals surface area contributed by atoms with Crippen molar-refractivity contribution in [2.24, 2.45) is 0 Å². The van der Waals surface area contributed by atoms with Gasteiger partial charge in [-0.15, -0.1) is 0 Å². The van der Waals surface area contributed by atoms with Gasteiger partial charge in [0.2, 0.25) is 0 Å². The Morgan fingerprint density at radius 2 is 2.54 bits per heavy atom. The van der Waals surface area contributed by atoms with E-state index in [0.29, 0.717) is 0 Å². The zero-order valence-corrected chi connectivity index (χ0v) is 7.03. The molecule has 0 aliphatic carbocycles. The second-order valence-corrected chi connectivity index (χ2v) is 3.14. The number of imidazole rings is 1. The molecule has 3 heterocycles. The molecule has 0 saturated heterocycles. The molecular weight excluding hydrogens is 166 g/mol. The molecule has 0 unspecified atom stereocenters. The molecule has 4 heteroatoms. The van der Waals surface area contributed by atoms with Crippen LogP contribution in [0, 0.1) is 6.39 Å². The van der Waals surface area contributed by atoms with Crippen molar-refractivity contribution >= 4 is 0 Å². The molecule has 0 atom stereocenters. The fourth-order valence-electron chi connectivity index (χ4n) is 1.67. The lowest BCUT2D eigenvalue weighted by atomic mass is 10.2. The zero-order valence-electron chi connectivity index (χ0n) is 7.03. The van der Waals surface area contributed by atoms with E-state index in [0.717, 1.165) is 36.7 Å². The first-order valence-corrected chi connectivity index (χ1v) is 4.28. The van der Waals surface area contributed by atoms with Crippen LogP contribution in [0.5, 0.6) is 0 Å². The molecule has 1 radical (unpaired) electrons. The van der Waals surface area contributed by atoms with Crippen molar-refractivity contribution in [3.63, 3.8) is 0 Å². The molecule has 0 saturated carbocycles. The van der Waals surface area contributed by atoms with E-state index in [1.54, 1.807) is 0 Å². The molecule has 0 aromatic carbocycles. The fourth-order valence-corrected chi connectivity index (χ4v) is 1.67. The number of fused-ring (bicyclic) bond motifs is 2. The van der Waals surface area contributed by atoms with Crippen LogP contribution in [0.25, 0.3) is 0 Å². The summed E-state index contributed by atoms with van der Waals surface area (Å²) < 4.78 is 7.30. The van der Waals surface area contributed by atoms with E-state index in [1.807, 2.05) is 12.4 Å². The van der Waals surface area contributed by atoms with Crippen LogP contribution in [-0.4, -0.2) is 14.5 Å². The third kappa shape index (κ3) is 0.983. The standard InChI is InChI=1S/C9H8N3O/c1-3-12-4-2-10-9(12)5-7-8(1)13-6-11-7/h2,4H,1,3,5H2. The summed E-state index contributed by atoms with van der Waals surface area (Å²) in [4.78, 5) is 8.31. The van der Waals surface area contributed by atoms with Crippen molar-refractivity contribution in [1.29, 1.82) is 0 Å². The lowest BCUT2D eigenvalue weighted by Crippen LogP contribution is -2.00. The Morgan fingerprint density at radius 1 is 1.54 bits per heavy atom. The van der Waals surface area contributed by atoms with Crippen LogP contribution in [0.1, 0.15) is 17.3 Å². The SMILES string of the molecule is [c]1nc2c(o1)CCn1ccnc1C2. The Kier molecular flexibility index (Phi) is 1.30. The first-order chi connectivity index (χ1) is 6.43. The third-order valence-electron chi connectivity index (χ3n) is 2.38. The summed E-state index contributed by atoms with van der Waals surface area (Å²) >= 11 is 0. The van der Waals surface area contributed by atoms with Gasteiger partial charge in [-0.05, 0) is 0 Å². The van der Waals surface area contributed by atoms with Crippen molar-refractivity contribution in [2.45, 2.75) is 19.4 Å². The smallest absolute Gasteiger partial charge is 0.284 e. The summed E-state index contributed by atoms with van der Waals surface area (Å²) in [5.41, 5.74) is 0.977. The van der Waals surface area contributed by atoms with E-state index >= 15 is 0 Å². The number of hydrogen-bond acceptors (Lipinski definition) is 3. The van der Waals surface area contributed by atoms with Crippen molar-refractivity contribution in [3.8, 4) is 0 Å². The number of oxazole rings is 1. The first kappa shape index (κ1) is 6.88. The summed E-state index contributed by atoms with van der Waals surface area (Å²) in [5, 5.41) is 0. The van der Waals surface area contributed by atoms with Gasteiger partial charge in [-0.3, -0.25) is 0 Å². The van der Waals surface area contributed by atoms with Crippen LogP contribution in [0.2, 0.25) is 0 Å². The Bertz CT molecular complexity index is 389. The van der Waals surface area contributed by atoms with Crippen LogP contribution in [0.3, 0.4) is 0 Å². The van der Waals surface area contributed by atoms with Gasteiger partial charge in [-0.2, -0.15) is 0 Å². The molecule has 3 rings (SSSR count). The molecule has 1 aliphatic heterocycles. The number of rotatable bonds is 0. The monoisotopic (exact) mass is 174 g/mol. The molecule has 0 amide bonds. The molecule has 4 nitrogen and oxygen atoms in total. The number of nitrogens with zero attached hydrogens (tertiary/aromatic N) is 3. The van der Waals surface area contributed by atoms with Gasteiger partial charge < -0.3 is 8.98 Å². The van der Waals surface area contributed by atoms with E-state index in [1.165, 1.54) is 0 Å². The summed E-state index contributed by atoms with van der Waals surface area (Å²) in [6, 6.07) is 0. The molecular formula is C9H8N3O. The highest BCUT2D eigenvalue weighted by atomic mass is 16.3. The average Bonchev–Trinajstić information content (AvgIpc) is 2.72. The molecule has 0 bridgehead atoms. The van der Waals surface area contributed by atoms with Crippen LogP contribution >= 0.6 is 0 Å². The van der Waals surface area contributed by atoms with E-state index < -0.39 is 0 Å². The quantitative estimate of drug-likeness (QED) is 0.593. The van der Waals surface area contributed by atoms with Crippen LogP contribution in [0.4, 0.5) is 0 Å². The molecule has 0 fully saturated rings. The Hall–Kier alpha value is -1.58. The molecule has 0 spiro atoms. The van der Waals surface area contributed by atoms with Gasteiger partial charge in [0.25, 0.3) is 6.39 Å². The lowest BCUT2D eigenvalue weighted by molar-refractivity contribution is 0.481. The van der Waals surface area contributed by atoms with Gasteiger partial charge in [0.05, 0.1) is 12.1 Å². The summed E-state index contributed by atoms with van der Waals surface area (Å²) in [6.07, 6.45) is 7.99. The van der Waals surface area contributed by atoms with Crippen molar-refractivity contribution in [2.75, 3.05) is 0 Å². The van der Waals surface area contributed by atoms with Gasteiger partial charge in [0.15, 0.2) is 0 Å². The topological polar surface area (TPSA) is 43.9 Å². The maximum Gasteiger partial charge on any atom is 0.284 e. The molecule has 65 valence electrons.